The largest absolute Gasteiger partial charge is 0.479 e. The van der Waals surface area contributed by atoms with Gasteiger partial charge in [-0.1, -0.05) is 0 Å². The molecule has 0 saturated heterocycles. The maximum Gasteiger partial charge on any atom is 0.332 e. The summed E-state index contributed by atoms with van der Waals surface area (Å²) in [5.41, 5.74) is 0. The van der Waals surface area contributed by atoms with Crippen LogP contribution in [0.1, 0.15) is 13.8 Å². The number of rotatable bonds is 2. The fourth-order valence-corrected chi connectivity index (χ4v) is 0. The second kappa shape index (κ2) is 19.8. The minimum absolute atomic E-state index is 0. The van der Waals surface area contributed by atoms with Gasteiger partial charge in [-0.15, -0.1) is 0 Å². The molecule has 16 heavy (non-hydrogen) atoms. The van der Waals surface area contributed by atoms with Crippen molar-refractivity contribution in [3.8, 4) is 0 Å². The summed E-state index contributed by atoms with van der Waals surface area (Å²) < 4.78 is 0. The number of aliphatic hydroxyl groups is 2. The summed E-state index contributed by atoms with van der Waals surface area (Å²) in [5.74, 6) is -2.37. The van der Waals surface area contributed by atoms with E-state index in [0.717, 1.165) is 0 Å². The van der Waals surface area contributed by atoms with E-state index in [1.165, 1.54) is 13.8 Å². The number of carbonyl (C=O) groups is 2. The monoisotopic (exact) mass is 289 g/mol. The molecule has 0 aromatic carbocycles. The molecule has 0 aliphatic carbocycles. The van der Waals surface area contributed by atoms with Gasteiger partial charge >= 0.3 is 11.9 Å². The molecule has 0 aromatic heterocycles. The molecule has 0 spiro atoms. The Balaban J connectivity index is -0.0000000250. The van der Waals surface area contributed by atoms with Crippen molar-refractivity contribution >= 4 is 11.9 Å². The van der Waals surface area contributed by atoms with E-state index >= 15 is 0 Å². The van der Waals surface area contributed by atoms with Crippen molar-refractivity contribution < 1.29 is 63.5 Å². The average molecular weight is 289 g/mol. The van der Waals surface area contributed by atoms with Crippen molar-refractivity contribution in [3.63, 3.8) is 0 Å². The smallest absolute Gasteiger partial charge is 0.332 e. The SMILES string of the molecule is CC(O)C(=O)O.CC(O)C(=O)O.O.O.O.[Mn]. The number of aliphatic hydroxyl groups excluding tert-OH is 2. The van der Waals surface area contributed by atoms with Crippen LogP contribution in [-0.2, 0) is 26.7 Å². The van der Waals surface area contributed by atoms with Gasteiger partial charge < -0.3 is 36.9 Å². The van der Waals surface area contributed by atoms with E-state index in [1.54, 1.807) is 0 Å². The average Bonchev–Trinajstić information content (AvgIpc) is 1.88. The Morgan fingerprint density at radius 3 is 0.875 bits per heavy atom. The first-order valence-corrected chi connectivity index (χ1v) is 3.10. The van der Waals surface area contributed by atoms with Gasteiger partial charge in [-0.05, 0) is 13.8 Å². The molecule has 0 aliphatic heterocycles. The molecule has 0 aromatic rings. The zero-order valence-corrected chi connectivity index (χ0v) is 9.82. The fourth-order valence-electron chi connectivity index (χ4n) is 0. The summed E-state index contributed by atoms with van der Waals surface area (Å²) in [7, 11) is 0. The van der Waals surface area contributed by atoms with Gasteiger partial charge in [0, 0.05) is 17.1 Å². The van der Waals surface area contributed by atoms with Gasteiger partial charge in [0.25, 0.3) is 0 Å². The van der Waals surface area contributed by atoms with Crippen LogP contribution < -0.4 is 0 Å². The molecular weight excluding hydrogens is 271 g/mol. The predicted octanol–water partition coefficient (Wildman–Crippen LogP) is -3.57. The van der Waals surface area contributed by atoms with E-state index in [2.05, 4.69) is 0 Å². The summed E-state index contributed by atoms with van der Waals surface area (Å²) in [6.45, 7) is 2.39. The molecule has 0 bridgehead atoms. The van der Waals surface area contributed by atoms with E-state index < -0.39 is 24.1 Å². The van der Waals surface area contributed by atoms with Crippen LogP contribution in [0, 0.1) is 0 Å². The molecule has 0 saturated carbocycles. The third-order valence-electron chi connectivity index (χ3n) is 0.715. The van der Waals surface area contributed by atoms with Crippen molar-refractivity contribution in [1.82, 2.24) is 0 Å². The van der Waals surface area contributed by atoms with Gasteiger partial charge in [-0.3, -0.25) is 0 Å². The molecule has 0 heterocycles. The number of carboxylic acid groups (broad SMARTS) is 2. The van der Waals surface area contributed by atoms with Crippen LogP contribution in [0.2, 0.25) is 0 Å². The number of aliphatic carboxylic acids is 2. The molecule has 10 N–H and O–H groups in total. The minimum Gasteiger partial charge on any atom is -0.479 e. The quantitative estimate of drug-likeness (QED) is 0.377. The van der Waals surface area contributed by atoms with Crippen LogP contribution in [0.25, 0.3) is 0 Å². The Labute approximate surface area is 102 Å². The molecule has 10 heteroatoms. The minimum atomic E-state index is -1.23. The first-order valence-electron chi connectivity index (χ1n) is 3.10. The molecule has 2 atom stereocenters. The summed E-state index contributed by atoms with van der Waals surface area (Å²) >= 11 is 0. The van der Waals surface area contributed by atoms with Crippen molar-refractivity contribution in [3.05, 3.63) is 0 Å². The Kier molecular flexibility index (Phi) is 44.7. The van der Waals surface area contributed by atoms with E-state index in [-0.39, 0.29) is 33.5 Å². The van der Waals surface area contributed by atoms with E-state index in [4.69, 9.17) is 20.4 Å². The standard InChI is InChI=1S/2C3H6O3.Mn.3H2O/c2*1-2(4)3(5)6;;;;/h2*2,4H,1H3,(H,5,6);;3*1H2. The van der Waals surface area contributed by atoms with Gasteiger partial charge in [-0.2, -0.15) is 0 Å². The molecule has 0 rings (SSSR count). The van der Waals surface area contributed by atoms with Crippen LogP contribution >= 0.6 is 0 Å². The molecule has 103 valence electrons. The van der Waals surface area contributed by atoms with Crippen molar-refractivity contribution in [2.75, 3.05) is 0 Å². The van der Waals surface area contributed by atoms with Gasteiger partial charge in [0.2, 0.25) is 0 Å². The molecule has 9 nitrogen and oxygen atoms in total. The van der Waals surface area contributed by atoms with E-state index in [0.29, 0.717) is 0 Å². The first-order chi connectivity index (χ1) is 5.29. The van der Waals surface area contributed by atoms with Gasteiger partial charge in [0.15, 0.2) is 0 Å². The van der Waals surface area contributed by atoms with Crippen LogP contribution in [0.3, 0.4) is 0 Å². The van der Waals surface area contributed by atoms with Crippen LogP contribution in [0.15, 0.2) is 0 Å². The fraction of sp³-hybridized carbons (Fsp3) is 0.667. The molecule has 2 unspecified atom stereocenters. The topological polar surface area (TPSA) is 210 Å². The molecule has 0 fully saturated rings. The second-order valence-corrected chi connectivity index (χ2v) is 2.03. The zero-order valence-electron chi connectivity index (χ0n) is 8.64. The van der Waals surface area contributed by atoms with Gasteiger partial charge in [0.1, 0.15) is 12.2 Å². The Morgan fingerprint density at radius 1 is 0.812 bits per heavy atom. The molecular formula is C6H18MnO9. The zero-order chi connectivity index (χ0) is 10.3. The van der Waals surface area contributed by atoms with Crippen molar-refractivity contribution in [2.24, 2.45) is 0 Å². The third-order valence-corrected chi connectivity index (χ3v) is 0.715. The normalized spacial score (nSPS) is 10.2. The number of carboxylic acids is 2. The van der Waals surface area contributed by atoms with E-state index in [1.807, 2.05) is 0 Å². The summed E-state index contributed by atoms with van der Waals surface area (Å²) in [6.07, 6.45) is -2.46. The molecule has 0 amide bonds. The number of hydrogen-bond donors (Lipinski definition) is 4. The van der Waals surface area contributed by atoms with Crippen molar-refractivity contribution in [1.29, 1.82) is 0 Å². The predicted molar refractivity (Wildman–Crippen MR) is 49.5 cm³/mol. The third kappa shape index (κ3) is 37.8. The van der Waals surface area contributed by atoms with Crippen LogP contribution in [-0.4, -0.2) is 61.0 Å². The Bertz CT molecular complexity index is 140. The van der Waals surface area contributed by atoms with Crippen LogP contribution in [0.4, 0.5) is 0 Å². The van der Waals surface area contributed by atoms with E-state index in [9.17, 15) is 9.59 Å². The van der Waals surface area contributed by atoms with Crippen molar-refractivity contribution in [2.45, 2.75) is 26.1 Å². The number of hydrogen-bond acceptors (Lipinski definition) is 4. The summed E-state index contributed by atoms with van der Waals surface area (Å²) in [6, 6.07) is 0. The Morgan fingerprint density at radius 2 is 0.875 bits per heavy atom. The van der Waals surface area contributed by atoms with Gasteiger partial charge in [0.05, 0.1) is 0 Å². The summed E-state index contributed by atoms with van der Waals surface area (Å²) in [4.78, 5) is 18.9. The maximum absolute atomic E-state index is 9.45. The summed E-state index contributed by atoms with van der Waals surface area (Å²) in [5, 5.41) is 31.5. The van der Waals surface area contributed by atoms with Crippen LogP contribution in [0.5, 0.6) is 0 Å². The molecule has 0 aliphatic rings. The second-order valence-electron chi connectivity index (χ2n) is 2.03. The molecule has 1 radical (unpaired) electrons. The Hall–Kier alpha value is -0.741. The first kappa shape index (κ1) is 36.2. The van der Waals surface area contributed by atoms with Gasteiger partial charge in [-0.25, -0.2) is 9.59 Å². The maximum atomic E-state index is 9.45.